The third-order valence-electron chi connectivity index (χ3n) is 5.61. The van der Waals surface area contributed by atoms with Gasteiger partial charge in [0.1, 0.15) is 15.9 Å². The summed E-state index contributed by atoms with van der Waals surface area (Å²) in [6.45, 7) is 8.19. The van der Waals surface area contributed by atoms with Gasteiger partial charge in [-0.2, -0.15) is 0 Å². The van der Waals surface area contributed by atoms with Gasteiger partial charge in [-0.25, -0.2) is 4.99 Å². The largest absolute Gasteiger partial charge is 1.00 e. The van der Waals surface area contributed by atoms with Crippen LogP contribution in [0.1, 0.15) is 12.5 Å². The van der Waals surface area contributed by atoms with Crippen LogP contribution >= 0.6 is 7.49 Å². The van der Waals surface area contributed by atoms with Gasteiger partial charge in [-0.15, -0.1) is 6.58 Å². The highest BCUT2D eigenvalue weighted by atomic mass is 79.9. The third-order valence-corrected chi connectivity index (χ3v) is 9.14. The van der Waals surface area contributed by atoms with Gasteiger partial charge in [0.15, 0.2) is 0 Å². The first kappa shape index (κ1) is 25.6. The van der Waals surface area contributed by atoms with Gasteiger partial charge in [-0.3, -0.25) is 0 Å². The monoisotopic (exact) mass is 529 g/mol. The summed E-state index contributed by atoms with van der Waals surface area (Å²) in [6.07, 6.45) is 1.89. The van der Waals surface area contributed by atoms with E-state index in [0.29, 0.717) is 5.90 Å². The number of benzene rings is 4. The predicted molar refractivity (Wildman–Crippen MR) is 144 cm³/mol. The van der Waals surface area contributed by atoms with Crippen LogP contribution in [0.4, 0.5) is 5.69 Å². The molecule has 0 aliphatic carbocycles. The van der Waals surface area contributed by atoms with E-state index in [0.717, 1.165) is 21.6 Å². The summed E-state index contributed by atoms with van der Waals surface area (Å²) in [5.74, 6) is 0.612. The van der Waals surface area contributed by atoms with E-state index in [4.69, 9.17) is 9.52 Å². The summed E-state index contributed by atoms with van der Waals surface area (Å²) in [4.78, 5) is 4.98. The van der Waals surface area contributed by atoms with Crippen molar-refractivity contribution in [1.29, 1.82) is 0 Å². The quantitative estimate of drug-likeness (QED) is 0.154. The van der Waals surface area contributed by atoms with Crippen LogP contribution in [-0.2, 0) is 4.52 Å². The Morgan fingerprint density at radius 1 is 0.735 bits per heavy atom. The van der Waals surface area contributed by atoms with Crippen molar-refractivity contribution in [1.82, 2.24) is 0 Å². The fourth-order valence-corrected chi connectivity index (χ4v) is 7.19. The van der Waals surface area contributed by atoms with E-state index in [9.17, 15) is 0 Å². The van der Waals surface area contributed by atoms with Crippen LogP contribution in [0.2, 0.25) is 0 Å². The zero-order valence-corrected chi connectivity index (χ0v) is 22.0. The Morgan fingerprint density at radius 2 is 1.15 bits per heavy atom. The first-order valence-corrected chi connectivity index (χ1v) is 12.9. The normalized spacial score (nSPS) is 12.4. The standard InChI is InChI=1S/C30H29NOP.BrH/c1-4-25(3)30(31-26-22-20-24(2)21-23-26)32-33(27-14-8-5-9-15-27,28-16-10-6-11-17-28)29-18-12-7-13-19-29;/h4-23,25H,1H2,2-3H3;1H/q+1;/p-1. The van der Waals surface area contributed by atoms with Crippen molar-refractivity contribution in [3.05, 3.63) is 133 Å². The van der Waals surface area contributed by atoms with Gasteiger partial charge in [0.25, 0.3) is 7.49 Å². The molecule has 0 amide bonds. The first-order valence-electron chi connectivity index (χ1n) is 11.2. The lowest BCUT2D eigenvalue weighted by Crippen LogP contribution is -3.00. The summed E-state index contributed by atoms with van der Waals surface area (Å²) >= 11 is 0. The van der Waals surface area contributed by atoms with Gasteiger partial charge >= 0.3 is 0 Å². The molecule has 0 saturated carbocycles. The van der Waals surface area contributed by atoms with Crippen LogP contribution in [0.3, 0.4) is 0 Å². The molecule has 0 heterocycles. The highest BCUT2D eigenvalue weighted by Gasteiger charge is 2.50. The fraction of sp³-hybridized carbons (Fsp3) is 0.100. The van der Waals surface area contributed by atoms with Crippen LogP contribution in [0.15, 0.2) is 133 Å². The van der Waals surface area contributed by atoms with Crippen molar-refractivity contribution >= 4 is 35.0 Å². The molecule has 2 nitrogen and oxygen atoms in total. The minimum absolute atomic E-state index is 0. The Bertz CT molecular complexity index is 1110. The fourth-order valence-electron chi connectivity index (χ4n) is 3.71. The molecule has 34 heavy (non-hydrogen) atoms. The maximum Gasteiger partial charge on any atom is 0.289 e. The zero-order valence-electron chi connectivity index (χ0n) is 19.5. The Morgan fingerprint density at radius 3 is 1.53 bits per heavy atom. The number of aryl methyl sites for hydroxylation is 1. The van der Waals surface area contributed by atoms with Crippen molar-refractivity contribution in [2.75, 3.05) is 0 Å². The maximum atomic E-state index is 7.17. The van der Waals surface area contributed by atoms with Crippen LogP contribution < -0.4 is 32.9 Å². The minimum Gasteiger partial charge on any atom is -1.00 e. The summed E-state index contributed by atoms with van der Waals surface area (Å²) in [5, 5.41) is 3.45. The van der Waals surface area contributed by atoms with Crippen molar-refractivity contribution in [3.63, 3.8) is 0 Å². The highest BCUT2D eigenvalue weighted by Crippen LogP contribution is 2.57. The van der Waals surface area contributed by atoms with Gasteiger partial charge in [0.05, 0.1) is 11.6 Å². The Hall–Kier alpha value is -3.00. The third kappa shape index (κ3) is 5.55. The van der Waals surface area contributed by atoms with Crippen LogP contribution in [-0.4, -0.2) is 5.90 Å². The topological polar surface area (TPSA) is 21.6 Å². The summed E-state index contributed by atoms with van der Waals surface area (Å²) < 4.78 is 7.17. The Labute approximate surface area is 214 Å². The molecule has 0 aliphatic heterocycles. The lowest BCUT2D eigenvalue weighted by Gasteiger charge is -2.27. The molecule has 0 aliphatic rings. The van der Waals surface area contributed by atoms with E-state index < -0.39 is 7.49 Å². The van der Waals surface area contributed by atoms with E-state index >= 15 is 0 Å². The molecule has 4 heteroatoms. The van der Waals surface area contributed by atoms with E-state index in [1.54, 1.807) is 0 Å². The molecule has 0 radical (unpaired) electrons. The summed E-state index contributed by atoms with van der Waals surface area (Å²) in [6, 6.07) is 39.8. The molecule has 0 spiro atoms. The highest BCUT2D eigenvalue weighted by molar-refractivity contribution is 7.92. The van der Waals surface area contributed by atoms with Crippen LogP contribution in [0.5, 0.6) is 0 Å². The van der Waals surface area contributed by atoms with E-state index in [-0.39, 0.29) is 22.9 Å². The molecule has 0 aromatic heterocycles. The minimum atomic E-state index is -2.50. The lowest BCUT2D eigenvalue weighted by molar-refractivity contribution is -0.00000728. The average molecular weight is 530 g/mol. The number of nitrogens with zero attached hydrogens (tertiary/aromatic N) is 1. The molecule has 0 fully saturated rings. The maximum absolute atomic E-state index is 7.17. The van der Waals surface area contributed by atoms with Gasteiger partial charge in [0, 0.05) is 0 Å². The summed E-state index contributed by atoms with van der Waals surface area (Å²) in [5.41, 5.74) is 2.07. The van der Waals surface area contributed by atoms with Crippen molar-refractivity contribution in [2.24, 2.45) is 10.9 Å². The molecule has 4 aromatic carbocycles. The van der Waals surface area contributed by atoms with Gasteiger partial charge in [-0.1, -0.05) is 85.3 Å². The molecule has 172 valence electrons. The molecule has 4 aromatic rings. The van der Waals surface area contributed by atoms with Crippen molar-refractivity contribution < 1.29 is 21.5 Å². The molecular formula is C30H29BrNOP. The molecule has 4 rings (SSSR count). The van der Waals surface area contributed by atoms with Crippen molar-refractivity contribution in [3.8, 4) is 0 Å². The zero-order chi connectivity index (χ0) is 23.1. The predicted octanol–water partition coefficient (Wildman–Crippen LogP) is 3.78. The van der Waals surface area contributed by atoms with E-state index in [1.807, 2.05) is 36.4 Å². The molecule has 0 bridgehead atoms. The van der Waals surface area contributed by atoms with E-state index in [1.165, 1.54) is 5.56 Å². The van der Waals surface area contributed by atoms with Crippen LogP contribution in [0.25, 0.3) is 0 Å². The lowest BCUT2D eigenvalue weighted by atomic mass is 10.2. The van der Waals surface area contributed by atoms with Crippen LogP contribution in [0, 0.1) is 12.8 Å². The first-order chi connectivity index (χ1) is 16.1. The number of hydrogen-bond acceptors (Lipinski definition) is 2. The van der Waals surface area contributed by atoms with Crippen molar-refractivity contribution in [2.45, 2.75) is 13.8 Å². The second-order valence-corrected chi connectivity index (χ2v) is 11.0. The second kappa shape index (κ2) is 11.9. The Kier molecular flexibility index (Phi) is 8.98. The smallest absolute Gasteiger partial charge is 0.289 e. The summed E-state index contributed by atoms with van der Waals surface area (Å²) in [7, 11) is -2.50. The Balaban J connectivity index is 0.00000324. The molecule has 0 N–H and O–H groups in total. The number of rotatable bonds is 7. The number of aliphatic imine (C=N–C) groups is 1. The molecule has 0 saturated heterocycles. The second-order valence-electron chi connectivity index (χ2n) is 8.02. The number of halogens is 1. The van der Waals surface area contributed by atoms with Gasteiger partial charge in [0.2, 0.25) is 5.90 Å². The van der Waals surface area contributed by atoms with Gasteiger partial charge in [-0.05, 0) is 55.5 Å². The molecule has 1 unspecified atom stereocenters. The van der Waals surface area contributed by atoms with Gasteiger partial charge < -0.3 is 21.5 Å². The SMILES string of the molecule is C=CC(C)C(=Nc1ccc(C)cc1)O[P+](c1ccccc1)(c1ccccc1)c1ccccc1.[Br-]. The molecule has 1 atom stereocenters. The van der Waals surface area contributed by atoms with E-state index in [2.05, 4.69) is 105 Å². The number of hydrogen-bond donors (Lipinski definition) is 0. The average Bonchev–Trinajstić information content (AvgIpc) is 2.89. The molecular weight excluding hydrogens is 501 g/mol.